The lowest BCUT2D eigenvalue weighted by molar-refractivity contribution is 0.771. The third-order valence-electron chi connectivity index (χ3n) is 2.54. The Morgan fingerprint density at radius 2 is 2.33 bits per heavy atom. The van der Waals surface area contributed by atoms with Crippen LogP contribution >= 0.6 is 11.6 Å². The van der Waals surface area contributed by atoms with Gasteiger partial charge in [-0.3, -0.25) is 9.36 Å². The second-order valence-corrected chi connectivity index (χ2v) is 3.92. The maximum absolute atomic E-state index is 12.0. The number of hydrogen-bond acceptors (Lipinski definition) is 3. The molecule has 15 heavy (non-hydrogen) atoms. The molecule has 0 aliphatic carbocycles. The summed E-state index contributed by atoms with van der Waals surface area (Å²) >= 11 is 5.85. The summed E-state index contributed by atoms with van der Waals surface area (Å²) < 4.78 is 1.65. The summed E-state index contributed by atoms with van der Waals surface area (Å²) in [6, 6.07) is 5.14. The van der Waals surface area contributed by atoms with Crippen LogP contribution in [-0.4, -0.2) is 16.1 Å². The number of hydrogen-bond donors (Lipinski definition) is 1. The number of aromatic nitrogens is 2. The molecule has 0 amide bonds. The second kappa shape index (κ2) is 2.97. The predicted molar refractivity (Wildman–Crippen MR) is 59.5 cm³/mol. The molecule has 1 aromatic carbocycles. The summed E-state index contributed by atoms with van der Waals surface area (Å²) in [4.78, 5) is 16.3. The molecular formula is C10H8ClN3O. The lowest BCUT2D eigenvalue weighted by atomic mass is 10.2. The van der Waals surface area contributed by atoms with E-state index in [2.05, 4.69) is 10.3 Å². The first-order valence-corrected chi connectivity index (χ1v) is 5.07. The molecule has 2 heterocycles. The highest BCUT2D eigenvalue weighted by molar-refractivity contribution is 6.31. The molecule has 2 aromatic rings. The fourth-order valence-electron chi connectivity index (χ4n) is 1.82. The normalized spacial score (nSPS) is 13.9. The van der Waals surface area contributed by atoms with Crippen molar-refractivity contribution in [1.29, 1.82) is 0 Å². The van der Waals surface area contributed by atoms with Crippen LogP contribution in [0.2, 0.25) is 5.02 Å². The Hall–Kier alpha value is -1.55. The molecule has 0 atom stereocenters. The quantitative estimate of drug-likeness (QED) is 0.733. The molecular weight excluding hydrogens is 214 g/mol. The van der Waals surface area contributed by atoms with Crippen LogP contribution in [0.25, 0.3) is 10.9 Å². The number of nitrogens with zero attached hydrogens (tertiary/aromatic N) is 2. The first kappa shape index (κ1) is 8.73. The summed E-state index contributed by atoms with van der Waals surface area (Å²) in [5.74, 6) is 0.634. The van der Waals surface area contributed by atoms with Crippen LogP contribution in [0.3, 0.4) is 0 Å². The molecule has 0 radical (unpaired) electrons. The minimum Gasteiger partial charge on any atom is -0.354 e. The van der Waals surface area contributed by atoms with Gasteiger partial charge in [0.15, 0.2) is 0 Å². The summed E-state index contributed by atoms with van der Waals surface area (Å²) in [6.45, 7) is 1.44. The van der Waals surface area contributed by atoms with Crippen molar-refractivity contribution in [3.63, 3.8) is 0 Å². The van der Waals surface area contributed by atoms with Crippen LogP contribution in [0.1, 0.15) is 0 Å². The number of rotatable bonds is 0. The molecule has 1 N–H and O–H groups in total. The molecule has 0 spiro atoms. The molecule has 0 unspecified atom stereocenters. The van der Waals surface area contributed by atoms with Gasteiger partial charge < -0.3 is 5.32 Å². The van der Waals surface area contributed by atoms with Crippen molar-refractivity contribution in [3.8, 4) is 0 Å². The van der Waals surface area contributed by atoms with Gasteiger partial charge in [-0.05, 0) is 18.2 Å². The van der Waals surface area contributed by atoms with E-state index in [1.165, 1.54) is 0 Å². The van der Waals surface area contributed by atoms with E-state index in [1.807, 2.05) is 0 Å². The van der Waals surface area contributed by atoms with Crippen LogP contribution in [0, 0.1) is 0 Å². The summed E-state index contributed by atoms with van der Waals surface area (Å²) in [5.41, 5.74) is 0.643. The highest BCUT2D eigenvalue weighted by Crippen LogP contribution is 2.18. The lowest BCUT2D eigenvalue weighted by Crippen LogP contribution is -2.18. The van der Waals surface area contributed by atoms with Crippen molar-refractivity contribution in [2.45, 2.75) is 6.54 Å². The number of fused-ring (bicyclic) bond motifs is 2. The Labute approximate surface area is 90.5 Å². The number of anilines is 1. The Kier molecular flexibility index (Phi) is 1.73. The smallest absolute Gasteiger partial charge is 0.262 e. The van der Waals surface area contributed by atoms with Crippen LogP contribution in [0.5, 0.6) is 0 Å². The van der Waals surface area contributed by atoms with E-state index >= 15 is 0 Å². The van der Waals surface area contributed by atoms with E-state index in [1.54, 1.807) is 22.8 Å². The van der Waals surface area contributed by atoms with E-state index in [0.717, 1.165) is 6.54 Å². The van der Waals surface area contributed by atoms with Crippen LogP contribution < -0.4 is 10.9 Å². The van der Waals surface area contributed by atoms with Gasteiger partial charge in [0, 0.05) is 18.1 Å². The maximum atomic E-state index is 12.0. The molecule has 4 nitrogen and oxygen atoms in total. The summed E-state index contributed by atoms with van der Waals surface area (Å²) in [7, 11) is 0. The van der Waals surface area contributed by atoms with E-state index in [0.29, 0.717) is 28.4 Å². The third-order valence-corrected chi connectivity index (χ3v) is 2.77. The first-order valence-electron chi connectivity index (χ1n) is 4.70. The van der Waals surface area contributed by atoms with E-state index in [-0.39, 0.29) is 5.56 Å². The van der Waals surface area contributed by atoms with Crippen molar-refractivity contribution in [3.05, 3.63) is 33.6 Å². The fourth-order valence-corrected chi connectivity index (χ4v) is 1.98. The predicted octanol–water partition coefficient (Wildman–Crippen LogP) is 1.48. The van der Waals surface area contributed by atoms with Gasteiger partial charge in [-0.1, -0.05) is 11.6 Å². The SMILES string of the molecule is O=c1c2ccc(Cl)cc2nc2n1CCN2. The molecule has 0 saturated carbocycles. The van der Waals surface area contributed by atoms with Gasteiger partial charge in [0.1, 0.15) is 0 Å². The molecule has 1 aliphatic rings. The molecule has 3 rings (SSSR count). The van der Waals surface area contributed by atoms with Gasteiger partial charge in [-0.25, -0.2) is 4.98 Å². The van der Waals surface area contributed by atoms with Gasteiger partial charge in [-0.15, -0.1) is 0 Å². The molecule has 0 saturated heterocycles. The molecule has 0 fully saturated rings. The minimum atomic E-state index is -0.00309. The zero-order valence-electron chi connectivity index (χ0n) is 7.83. The van der Waals surface area contributed by atoms with Gasteiger partial charge in [0.25, 0.3) is 5.56 Å². The Bertz CT molecular complexity index is 605. The van der Waals surface area contributed by atoms with Crippen LogP contribution in [0.15, 0.2) is 23.0 Å². The Balaban J connectivity index is 2.46. The Morgan fingerprint density at radius 3 is 3.20 bits per heavy atom. The van der Waals surface area contributed by atoms with Crippen LogP contribution in [0.4, 0.5) is 5.95 Å². The molecule has 5 heteroatoms. The maximum Gasteiger partial charge on any atom is 0.262 e. The number of benzene rings is 1. The van der Waals surface area contributed by atoms with Gasteiger partial charge in [0.05, 0.1) is 10.9 Å². The third kappa shape index (κ3) is 1.22. The van der Waals surface area contributed by atoms with Crippen molar-refractivity contribution >= 4 is 28.5 Å². The van der Waals surface area contributed by atoms with Gasteiger partial charge >= 0.3 is 0 Å². The lowest BCUT2D eigenvalue weighted by Gasteiger charge is -2.03. The average molecular weight is 222 g/mol. The second-order valence-electron chi connectivity index (χ2n) is 3.48. The van der Waals surface area contributed by atoms with Crippen LogP contribution in [-0.2, 0) is 6.54 Å². The average Bonchev–Trinajstić information content (AvgIpc) is 2.65. The van der Waals surface area contributed by atoms with E-state index in [4.69, 9.17) is 11.6 Å². The van der Waals surface area contributed by atoms with Gasteiger partial charge in [-0.2, -0.15) is 0 Å². The zero-order valence-corrected chi connectivity index (χ0v) is 8.58. The van der Waals surface area contributed by atoms with Crippen molar-refractivity contribution in [2.24, 2.45) is 0 Å². The summed E-state index contributed by atoms with van der Waals surface area (Å²) in [6.07, 6.45) is 0. The summed E-state index contributed by atoms with van der Waals surface area (Å²) in [5, 5.41) is 4.27. The van der Waals surface area contributed by atoms with Crippen molar-refractivity contribution < 1.29 is 0 Å². The fraction of sp³-hybridized carbons (Fsp3) is 0.200. The molecule has 1 aliphatic heterocycles. The topological polar surface area (TPSA) is 46.9 Å². The van der Waals surface area contributed by atoms with E-state index in [9.17, 15) is 4.79 Å². The standard InChI is InChI=1S/C10H8ClN3O/c11-6-1-2-7-8(5-6)13-10-12-3-4-14(10)9(7)15/h1-2,5H,3-4H2,(H,12,13). The highest BCUT2D eigenvalue weighted by atomic mass is 35.5. The van der Waals surface area contributed by atoms with E-state index < -0.39 is 0 Å². The highest BCUT2D eigenvalue weighted by Gasteiger charge is 2.14. The molecule has 0 bridgehead atoms. The first-order chi connectivity index (χ1) is 7.25. The largest absolute Gasteiger partial charge is 0.354 e. The Morgan fingerprint density at radius 1 is 1.47 bits per heavy atom. The molecule has 76 valence electrons. The minimum absolute atomic E-state index is 0.00309. The monoisotopic (exact) mass is 221 g/mol. The number of nitrogens with one attached hydrogen (secondary N) is 1. The van der Waals surface area contributed by atoms with Crippen molar-refractivity contribution in [2.75, 3.05) is 11.9 Å². The zero-order chi connectivity index (χ0) is 10.4. The van der Waals surface area contributed by atoms with Crippen molar-refractivity contribution in [1.82, 2.24) is 9.55 Å². The number of halogens is 1. The molecule has 1 aromatic heterocycles. The van der Waals surface area contributed by atoms with Gasteiger partial charge in [0.2, 0.25) is 5.95 Å².